The van der Waals surface area contributed by atoms with Crippen LogP contribution in [0.5, 0.6) is 5.75 Å². The first-order valence-electron chi connectivity index (χ1n) is 7.94. The number of rotatable bonds is 4. The summed E-state index contributed by atoms with van der Waals surface area (Å²) in [5.74, 6) is 1.91. The lowest BCUT2D eigenvalue weighted by Gasteiger charge is -2.34. The lowest BCUT2D eigenvalue weighted by atomic mass is 9.93. The fraction of sp³-hybridized carbons (Fsp3) is 0.588. The van der Waals surface area contributed by atoms with Crippen molar-refractivity contribution in [2.75, 3.05) is 14.2 Å². The van der Waals surface area contributed by atoms with Crippen molar-refractivity contribution in [3.8, 4) is 5.75 Å². The summed E-state index contributed by atoms with van der Waals surface area (Å²) in [5.41, 5.74) is 2.06. The average molecular weight is 287 g/mol. The lowest BCUT2D eigenvalue weighted by Crippen LogP contribution is -2.35. The Morgan fingerprint density at radius 2 is 2.05 bits per heavy atom. The van der Waals surface area contributed by atoms with Gasteiger partial charge in [-0.1, -0.05) is 19.3 Å². The quantitative estimate of drug-likeness (QED) is 0.927. The molecule has 1 unspecified atom stereocenters. The molecule has 1 aromatic carbocycles. The average Bonchev–Trinajstić information content (AvgIpc) is 2.97. The molecule has 4 heteroatoms. The molecule has 1 N–H and O–H groups in total. The van der Waals surface area contributed by atoms with Crippen LogP contribution in [0.3, 0.4) is 0 Å². The van der Waals surface area contributed by atoms with Crippen LogP contribution in [0.15, 0.2) is 18.2 Å². The second kappa shape index (κ2) is 6.06. The molecule has 21 heavy (non-hydrogen) atoms. The molecule has 1 fully saturated rings. The van der Waals surface area contributed by atoms with Gasteiger partial charge in [0, 0.05) is 12.1 Å². The van der Waals surface area contributed by atoms with Crippen LogP contribution >= 0.6 is 0 Å². The third-order valence-corrected chi connectivity index (χ3v) is 4.86. The number of H-pyrrole nitrogens is 1. The van der Waals surface area contributed by atoms with E-state index < -0.39 is 0 Å². The van der Waals surface area contributed by atoms with Gasteiger partial charge >= 0.3 is 0 Å². The minimum atomic E-state index is 0.312. The molecule has 0 saturated heterocycles. The van der Waals surface area contributed by atoms with Crippen molar-refractivity contribution >= 4 is 11.0 Å². The van der Waals surface area contributed by atoms with Crippen LogP contribution in [0, 0.1) is 0 Å². The summed E-state index contributed by atoms with van der Waals surface area (Å²) in [7, 11) is 3.92. The van der Waals surface area contributed by atoms with E-state index in [-0.39, 0.29) is 0 Å². The molecule has 4 nitrogen and oxygen atoms in total. The van der Waals surface area contributed by atoms with E-state index in [2.05, 4.69) is 23.9 Å². The maximum absolute atomic E-state index is 5.28. The number of aromatic amines is 1. The number of benzene rings is 1. The first kappa shape index (κ1) is 14.4. The van der Waals surface area contributed by atoms with Gasteiger partial charge in [0.05, 0.1) is 24.2 Å². The van der Waals surface area contributed by atoms with Gasteiger partial charge in [-0.05, 0) is 38.9 Å². The second-order valence-corrected chi connectivity index (χ2v) is 6.14. The third-order valence-electron chi connectivity index (χ3n) is 4.86. The Bertz CT molecular complexity index is 601. The van der Waals surface area contributed by atoms with Crippen LogP contribution in [-0.2, 0) is 0 Å². The number of methoxy groups -OCH3 is 1. The summed E-state index contributed by atoms with van der Waals surface area (Å²) in [4.78, 5) is 10.7. The molecule has 1 saturated carbocycles. The van der Waals surface area contributed by atoms with E-state index in [9.17, 15) is 0 Å². The fourth-order valence-electron chi connectivity index (χ4n) is 3.33. The molecule has 1 aliphatic carbocycles. The number of aromatic nitrogens is 2. The lowest BCUT2D eigenvalue weighted by molar-refractivity contribution is 0.142. The normalized spacial score (nSPS) is 18.3. The van der Waals surface area contributed by atoms with Crippen molar-refractivity contribution < 1.29 is 4.74 Å². The number of imidazole rings is 1. The monoisotopic (exact) mass is 287 g/mol. The molecular formula is C17H25N3O. The van der Waals surface area contributed by atoms with Gasteiger partial charge in [-0.15, -0.1) is 0 Å². The van der Waals surface area contributed by atoms with Gasteiger partial charge in [-0.3, -0.25) is 4.90 Å². The molecular weight excluding hydrogens is 262 g/mol. The number of nitrogens with zero attached hydrogens (tertiary/aromatic N) is 2. The van der Waals surface area contributed by atoms with E-state index in [0.717, 1.165) is 22.6 Å². The Hall–Kier alpha value is -1.55. The van der Waals surface area contributed by atoms with Crippen LogP contribution < -0.4 is 4.74 Å². The maximum atomic E-state index is 5.28. The van der Waals surface area contributed by atoms with Crippen molar-refractivity contribution in [3.05, 3.63) is 24.0 Å². The van der Waals surface area contributed by atoms with Crippen LogP contribution in [0.25, 0.3) is 11.0 Å². The topological polar surface area (TPSA) is 41.1 Å². The number of hydrogen-bond donors (Lipinski definition) is 1. The summed E-state index contributed by atoms with van der Waals surface area (Å²) >= 11 is 0. The van der Waals surface area contributed by atoms with E-state index in [1.54, 1.807) is 7.11 Å². The summed E-state index contributed by atoms with van der Waals surface area (Å²) in [6.45, 7) is 2.24. The van der Waals surface area contributed by atoms with Gasteiger partial charge in [-0.25, -0.2) is 4.98 Å². The smallest absolute Gasteiger partial charge is 0.124 e. The number of hydrogen-bond acceptors (Lipinski definition) is 3. The van der Waals surface area contributed by atoms with E-state index in [0.29, 0.717) is 12.1 Å². The van der Waals surface area contributed by atoms with Gasteiger partial charge in [0.25, 0.3) is 0 Å². The highest BCUT2D eigenvalue weighted by Gasteiger charge is 2.24. The number of fused-ring (bicyclic) bond motifs is 1. The predicted molar refractivity (Wildman–Crippen MR) is 85.7 cm³/mol. The zero-order chi connectivity index (χ0) is 14.8. The Kier molecular flexibility index (Phi) is 4.15. The molecule has 0 radical (unpaired) electrons. The largest absolute Gasteiger partial charge is 0.497 e. The van der Waals surface area contributed by atoms with Gasteiger partial charge in [0.2, 0.25) is 0 Å². The van der Waals surface area contributed by atoms with Crippen LogP contribution in [-0.4, -0.2) is 35.1 Å². The number of nitrogens with one attached hydrogen (secondary N) is 1. The first-order valence-corrected chi connectivity index (χ1v) is 7.94. The summed E-state index contributed by atoms with van der Waals surface area (Å²) in [6.07, 6.45) is 6.74. The summed E-state index contributed by atoms with van der Waals surface area (Å²) in [6, 6.07) is 6.99. The van der Waals surface area contributed by atoms with E-state index >= 15 is 0 Å². The predicted octanol–water partition coefficient (Wildman–Crippen LogP) is 3.90. The zero-order valence-electron chi connectivity index (χ0n) is 13.2. The first-order chi connectivity index (χ1) is 10.2. The molecule has 1 atom stereocenters. The third kappa shape index (κ3) is 2.91. The van der Waals surface area contributed by atoms with Gasteiger partial charge in [0.1, 0.15) is 11.6 Å². The van der Waals surface area contributed by atoms with Crippen LogP contribution in [0.2, 0.25) is 0 Å². The van der Waals surface area contributed by atoms with E-state index in [1.807, 2.05) is 18.2 Å². The molecule has 114 valence electrons. The highest BCUT2D eigenvalue weighted by Crippen LogP contribution is 2.29. The molecule has 0 aliphatic heterocycles. The number of ether oxygens (including phenoxy) is 1. The van der Waals surface area contributed by atoms with E-state index in [4.69, 9.17) is 9.72 Å². The van der Waals surface area contributed by atoms with Crippen molar-refractivity contribution in [3.63, 3.8) is 0 Å². The van der Waals surface area contributed by atoms with Gasteiger partial charge < -0.3 is 9.72 Å². The molecule has 2 aromatic rings. The minimum Gasteiger partial charge on any atom is -0.497 e. The zero-order valence-corrected chi connectivity index (χ0v) is 13.2. The Morgan fingerprint density at radius 1 is 1.29 bits per heavy atom. The molecule has 1 heterocycles. The van der Waals surface area contributed by atoms with E-state index in [1.165, 1.54) is 32.1 Å². The molecule has 3 rings (SSSR count). The maximum Gasteiger partial charge on any atom is 0.124 e. The SMILES string of the molecule is COc1ccc2nc(C(C)N(C)C3CCCCC3)[nH]c2c1. The van der Waals surface area contributed by atoms with Crippen molar-refractivity contribution in [2.45, 2.75) is 51.1 Å². The molecule has 1 aromatic heterocycles. The van der Waals surface area contributed by atoms with Crippen molar-refractivity contribution in [1.29, 1.82) is 0 Å². The molecule has 1 aliphatic rings. The van der Waals surface area contributed by atoms with Crippen LogP contribution in [0.4, 0.5) is 0 Å². The summed E-state index contributed by atoms with van der Waals surface area (Å²) in [5, 5.41) is 0. The minimum absolute atomic E-state index is 0.312. The molecule has 0 bridgehead atoms. The van der Waals surface area contributed by atoms with Crippen LogP contribution in [0.1, 0.15) is 50.9 Å². The Labute approximate surface area is 126 Å². The molecule has 0 spiro atoms. The van der Waals surface area contributed by atoms with Crippen molar-refractivity contribution in [1.82, 2.24) is 14.9 Å². The summed E-state index contributed by atoms with van der Waals surface area (Å²) < 4.78 is 5.28. The Balaban J connectivity index is 1.81. The molecule has 0 amide bonds. The standard InChI is InChI=1S/C17H25N3O/c1-12(20(2)13-7-5-4-6-8-13)17-18-15-10-9-14(21-3)11-16(15)19-17/h9-13H,4-8H2,1-3H3,(H,18,19). The van der Waals surface area contributed by atoms with Gasteiger partial charge in [0.15, 0.2) is 0 Å². The second-order valence-electron chi connectivity index (χ2n) is 6.14. The highest BCUT2D eigenvalue weighted by molar-refractivity contribution is 5.76. The highest BCUT2D eigenvalue weighted by atomic mass is 16.5. The fourth-order valence-corrected chi connectivity index (χ4v) is 3.33. The van der Waals surface area contributed by atoms with Gasteiger partial charge in [-0.2, -0.15) is 0 Å². The van der Waals surface area contributed by atoms with Crippen molar-refractivity contribution in [2.24, 2.45) is 0 Å². The Morgan fingerprint density at radius 3 is 2.76 bits per heavy atom.